The molecule has 0 bridgehead atoms. The van der Waals surface area contributed by atoms with Crippen molar-refractivity contribution in [1.82, 2.24) is 0 Å². The summed E-state index contributed by atoms with van der Waals surface area (Å²) >= 11 is 0. The summed E-state index contributed by atoms with van der Waals surface area (Å²) in [5.41, 5.74) is 0.552. The van der Waals surface area contributed by atoms with Gasteiger partial charge in [-0.2, -0.15) is 0 Å². The van der Waals surface area contributed by atoms with E-state index in [0.717, 1.165) is 5.56 Å². The fraction of sp³-hybridized carbons (Fsp3) is 0.455. The van der Waals surface area contributed by atoms with Crippen molar-refractivity contribution in [3.8, 4) is 5.75 Å². The molecule has 2 heterocycles. The molecular weight excluding hydrogens is 210 g/mol. The lowest BCUT2D eigenvalue weighted by Gasteiger charge is -2.29. The first kappa shape index (κ1) is 9.59. The molecule has 5 nitrogen and oxygen atoms in total. The van der Waals surface area contributed by atoms with Gasteiger partial charge in [-0.25, -0.2) is 0 Å². The Morgan fingerprint density at radius 2 is 2.19 bits per heavy atom. The number of nitrogens with zero attached hydrogens (tertiary/aromatic N) is 1. The number of hydrogen-bond acceptors (Lipinski definition) is 4. The van der Waals surface area contributed by atoms with Crippen molar-refractivity contribution in [3.05, 3.63) is 33.9 Å². The fourth-order valence-electron chi connectivity index (χ4n) is 2.18. The number of non-ortho nitro benzene ring substituents is 1. The van der Waals surface area contributed by atoms with Gasteiger partial charge in [0.1, 0.15) is 23.6 Å². The molecule has 1 saturated heterocycles. The minimum Gasteiger partial charge on any atom is -0.484 e. The van der Waals surface area contributed by atoms with E-state index in [-0.39, 0.29) is 17.9 Å². The van der Waals surface area contributed by atoms with E-state index in [1.54, 1.807) is 6.07 Å². The van der Waals surface area contributed by atoms with Gasteiger partial charge in [0, 0.05) is 11.6 Å². The van der Waals surface area contributed by atoms with E-state index in [1.807, 2.05) is 13.8 Å². The molecule has 16 heavy (non-hydrogen) atoms. The molecule has 1 aromatic rings. The Balaban J connectivity index is 2.07. The zero-order valence-corrected chi connectivity index (χ0v) is 8.97. The van der Waals surface area contributed by atoms with Crippen LogP contribution >= 0.6 is 0 Å². The molecule has 1 aromatic carbocycles. The molecule has 0 aliphatic carbocycles. The van der Waals surface area contributed by atoms with Gasteiger partial charge in [0.15, 0.2) is 0 Å². The molecule has 0 radical (unpaired) electrons. The van der Waals surface area contributed by atoms with E-state index < -0.39 is 10.5 Å². The van der Waals surface area contributed by atoms with E-state index in [9.17, 15) is 10.1 Å². The van der Waals surface area contributed by atoms with Crippen molar-refractivity contribution in [3.63, 3.8) is 0 Å². The lowest BCUT2D eigenvalue weighted by atomic mass is 9.94. The van der Waals surface area contributed by atoms with E-state index in [1.165, 1.54) is 12.1 Å². The number of hydrogen-bond donors (Lipinski definition) is 0. The maximum absolute atomic E-state index is 10.7. The van der Waals surface area contributed by atoms with Gasteiger partial charge in [-0.3, -0.25) is 10.1 Å². The number of nitro benzene ring substituents is 1. The molecule has 5 heteroatoms. The Kier molecular flexibility index (Phi) is 1.64. The third kappa shape index (κ3) is 1.21. The van der Waals surface area contributed by atoms with Crippen LogP contribution in [0.5, 0.6) is 5.75 Å². The van der Waals surface area contributed by atoms with Crippen molar-refractivity contribution < 1.29 is 14.4 Å². The maximum atomic E-state index is 10.7. The zero-order chi connectivity index (χ0) is 11.5. The summed E-state index contributed by atoms with van der Waals surface area (Å²) in [5.74, 6) is 0.568. The van der Waals surface area contributed by atoms with Crippen LogP contribution in [0, 0.1) is 10.1 Å². The van der Waals surface area contributed by atoms with Crippen molar-refractivity contribution in [2.75, 3.05) is 0 Å². The summed E-state index contributed by atoms with van der Waals surface area (Å²) in [6.45, 7) is 3.86. The van der Waals surface area contributed by atoms with E-state index in [2.05, 4.69) is 0 Å². The van der Waals surface area contributed by atoms with Gasteiger partial charge in [0.25, 0.3) is 5.69 Å². The van der Waals surface area contributed by atoms with Crippen molar-refractivity contribution >= 4 is 5.69 Å². The average Bonchev–Trinajstić information content (AvgIpc) is 2.96. The Morgan fingerprint density at radius 3 is 2.88 bits per heavy atom. The highest BCUT2D eigenvalue weighted by Gasteiger charge is 2.56. The van der Waals surface area contributed by atoms with Crippen LogP contribution in [0.25, 0.3) is 0 Å². The van der Waals surface area contributed by atoms with Crippen molar-refractivity contribution in [2.24, 2.45) is 0 Å². The maximum Gasteiger partial charge on any atom is 0.273 e. The lowest BCUT2D eigenvalue weighted by Crippen LogP contribution is -2.37. The van der Waals surface area contributed by atoms with Crippen LogP contribution in [0.3, 0.4) is 0 Å². The number of nitro groups is 1. The molecule has 0 amide bonds. The highest BCUT2D eigenvalue weighted by Crippen LogP contribution is 2.54. The van der Waals surface area contributed by atoms with E-state index >= 15 is 0 Å². The van der Waals surface area contributed by atoms with E-state index in [4.69, 9.17) is 9.47 Å². The van der Waals surface area contributed by atoms with Gasteiger partial charge in [-0.15, -0.1) is 0 Å². The van der Waals surface area contributed by atoms with Crippen LogP contribution in [0.15, 0.2) is 18.2 Å². The summed E-state index contributed by atoms with van der Waals surface area (Å²) in [5, 5.41) is 10.7. The lowest BCUT2D eigenvalue weighted by molar-refractivity contribution is -0.385. The van der Waals surface area contributed by atoms with Gasteiger partial charge in [0.2, 0.25) is 0 Å². The molecule has 0 aromatic heterocycles. The molecule has 2 aliphatic heterocycles. The van der Waals surface area contributed by atoms with Crippen molar-refractivity contribution in [1.29, 1.82) is 0 Å². The quantitative estimate of drug-likeness (QED) is 0.414. The zero-order valence-electron chi connectivity index (χ0n) is 8.97. The number of rotatable bonds is 1. The first-order valence-electron chi connectivity index (χ1n) is 5.12. The number of ether oxygens (including phenoxy) is 2. The topological polar surface area (TPSA) is 64.9 Å². The molecule has 0 spiro atoms. The average molecular weight is 221 g/mol. The predicted molar refractivity (Wildman–Crippen MR) is 55.4 cm³/mol. The van der Waals surface area contributed by atoms with Crippen LogP contribution < -0.4 is 4.74 Å². The summed E-state index contributed by atoms with van der Waals surface area (Å²) in [6, 6.07) is 4.67. The first-order chi connectivity index (χ1) is 7.49. The van der Waals surface area contributed by atoms with Gasteiger partial charge < -0.3 is 9.47 Å². The highest BCUT2D eigenvalue weighted by molar-refractivity contribution is 5.49. The second kappa shape index (κ2) is 2.74. The van der Waals surface area contributed by atoms with Gasteiger partial charge >= 0.3 is 0 Å². The van der Waals surface area contributed by atoms with Gasteiger partial charge in [0.05, 0.1) is 11.0 Å². The second-order valence-corrected chi connectivity index (χ2v) is 4.66. The molecule has 0 saturated carbocycles. The SMILES string of the molecule is CC1(C)Oc2cc([N+](=O)[O-])ccc2C2OC21. The number of benzene rings is 1. The Labute approximate surface area is 92.1 Å². The Bertz CT molecular complexity index is 483. The number of fused-ring (bicyclic) bond motifs is 3. The Hall–Kier alpha value is -1.62. The predicted octanol–water partition coefficient (Wildman–Crippen LogP) is 2.21. The minimum atomic E-state index is -0.420. The van der Waals surface area contributed by atoms with Crippen LogP contribution in [-0.2, 0) is 4.74 Å². The van der Waals surface area contributed by atoms with E-state index in [0.29, 0.717) is 5.75 Å². The molecule has 2 aliphatic rings. The third-order valence-corrected chi connectivity index (χ3v) is 3.06. The van der Waals surface area contributed by atoms with Crippen LogP contribution in [0.1, 0.15) is 25.5 Å². The summed E-state index contributed by atoms with van der Waals surface area (Å²) < 4.78 is 11.3. The fourth-order valence-corrected chi connectivity index (χ4v) is 2.18. The van der Waals surface area contributed by atoms with Crippen LogP contribution in [0.2, 0.25) is 0 Å². The van der Waals surface area contributed by atoms with Crippen LogP contribution in [0.4, 0.5) is 5.69 Å². The molecule has 3 rings (SSSR count). The van der Waals surface area contributed by atoms with Crippen molar-refractivity contribution in [2.45, 2.75) is 31.7 Å². The van der Waals surface area contributed by atoms with Gasteiger partial charge in [-0.05, 0) is 19.9 Å². The summed E-state index contributed by atoms with van der Waals surface area (Å²) in [4.78, 5) is 10.2. The highest BCUT2D eigenvalue weighted by atomic mass is 16.6. The molecular formula is C11H11NO4. The normalized spacial score (nSPS) is 28.6. The summed E-state index contributed by atoms with van der Waals surface area (Å²) in [7, 11) is 0. The smallest absolute Gasteiger partial charge is 0.273 e. The van der Waals surface area contributed by atoms with Gasteiger partial charge in [-0.1, -0.05) is 0 Å². The second-order valence-electron chi connectivity index (χ2n) is 4.66. The summed E-state index contributed by atoms with van der Waals surface area (Å²) in [6.07, 6.45) is 0.112. The largest absolute Gasteiger partial charge is 0.484 e. The Morgan fingerprint density at radius 1 is 1.44 bits per heavy atom. The molecule has 84 valence electrons. The molecule has 2 unspecified atom stereocenters. The third-order valence-electron chi connectivity index (χ3n) is 3.06. The monoisotopic (exact) mass is 221 g/mol. The minimum absolute atomic E-state index is 0.0413. The number of epoxide rings is 1. The molecule has 0 N–H and O–H groups in total. The van der Waals surface area contributed by atoms with Crippen LogP contribution in [-0.4, -0.2) is 16.6 Å². The first-order valence-corrected chi connectivity index (χ1v) is 5.12. The molecule has 1 fully saturated rings. The molecule has 2 atom stereocenters. The standard InChI is InChI=1S/C11H11NO4/c1-11(2)10-9(15-10)7-4-3-6(12(13)14)5-8(7)16-11/h3-5,9-10H,1-2H3.